The first-order chi connectivity index (χ1) is 16.7. The van der Waals surface area contributed by atoms with Crippen molar-refractivity contribution in [1.29, 1.82) is 0 Å². The van der Waals surface area contributed by atoms with Crippen LogP contribution in [0.4, 0.5) is 0 Å². The van der Waals surface area contributed by atoms with Crippen LogP contribution in [0.3, 0.4) is 0 Å². The number of rotatable bonds is 17. The highest BCUT2D eigenvalue weighted by atomic mass is 16.4. The molecule has 0 spiro atoms. The maximum atomic E-state index is 13.2. The number of hydrogen-bond acceptors (Lipinski definition) is 7. The molecule has 0 aliphatic carbocycles. The van der Waals surface area contributed by atoms with E-state index in [0.717, 1.165) is 0 Å². The third-order valence-corrected chi connectivity index (χ3v) is 5.91. The van der Waals surface area contributed by atoms with E-state index in [1.165, 1.54) is 0 Å². The molecule has 206 valence electrons. The Morgan fingerprint density at radius 2 is 1.31 bits per heavy atom. The number of primary amides is 1. The summed E-state index contributed by atoms with van der Waals surface area (Å²) in [6, 6.07) is -4.56. The Morgan fingerprint density at radius 1 is 0.833 bits per heavy atom. The molecular formula is C22H42N8O6. The molecule has 0 heterocycles. The fourth-order valence-electron chi connectivity index (χ4n) is 3.22. The number of guanidine groups is 1. The van der Waals surface area contributed by atoms with E-state index >= 15 is 0 Å². The number of carboxylic acid groups (broad SMARTS) is 1. The van der Waals surface area contributed by atoms with Gasteiger partial charge in [-0.05, 0) is 24.7 Å². The maximum absolute atomic E-state index is 13.2. The lowest BCUT2D eigenvalue weighted by molar-refractivity contribution is -0.144. The van der Waals surface area contributed by atoms with Crippen LogP contribution in [0.15, 0.2) is 4.99 Å². The van der Waals surface area contributed by atoms with E-state index in [0.29, 0.717) is 25.8 Å². The van der Waals surface area contributed by atoms with Crippen LogP contribution in [0, 0.1) is 11.8 Å². The molecule has 0 aromatic heterocycles. The van der Waals surface area contributed by atoms with E-state index in [1.54, 1.807) is 20.8 Å². The number of aliphatic carboxylic acids is 1. The molecule has 36 heavy (non-hydrogen) atoms. The quantitative estimate of drug-likeness (QED) is 0.0598. The Balaban J connectivity index is 5.51. The molecule has 4 amide bonds. The van der Waals surface area contributed by atoms with Crippen molar-refractivity contribution in [2.75, 3.05) is 6.54 Å². The van der Waals surface area contributed by atoms with Gasteiger partial charge < -0.3 is 44.0 Å². The highest BCUT2D eigenvalue weighted by Crippen LogP contribution is 2.13. The number of nitrogens with two attached hydrogens (primary N) is 4. The van der Waals surface area contributed by atoms with Crippen LogP contribution < -0.4 is 38.9 Å². The molecule has 0 saturated carbocycles. The van der Waals surface area contributed by atoms with Gasteiger partial charge in [0, 0.05) is 6.54 Å². The average molecular weight is 515 g/mol. The minimum absolute atomic E-state index is 0.0641. The molecule has 0 bridgehead atoms. The first-order valence-corrected chi connectivity index (χ1v) is 12.0. The van der Waals surface area contributed by atoms with Gasteiger partial charge in [-0.3, -0.25) is 24.2 Å². The molecule has 12 N–H and O–H groups in total. The first kappa shape index (κ1) is 32.6. The van der Waals surface area contributed by atoms with Crippen LogP contribution in [0.2, 0.25) is 0 Å². The molecule has 0 rings (SSSR count). The van der Waals surface area contributed by atoms with Gasteiger partial charge in [0.1, 0.15) is 18.1 Å². The minimum atomic E-state index is -1.54. The SMILES string of the molecule is CCC(C)C(NC(=O)C(N)CCCN=C(N)N)C(=O)NC(C(=O)NC(CC(N)=O)C(=O)O)C(C)CC. The van der Waals surface area contributed by atoms with Crippen LogP contribution >= 0.6 is 0 Å². The van der Waals surface area contributed by atoms with Gasteiger partial charge in [-0.2, -0.15) is 0 Å². The van der Waals surface area contributed by atoms with Crippen molar-refractivity contribution < 1.29 is 29.1 Å². The van der Waals surface area contributed by atoms with Crippen molar-refractivity contribution in [3.8, 4) is 0 Å². The largest absolute Gasteiger partial charge is 0.480 e. The Bertz CT molecular complexity index is 801. The molecule has 0 aliphatic rings. The molecule has 0 fully saturated rings. The van der Waals surface area contributed by atoms with Gasteiger partial charge >= 0.3 is 5.97 Å². The van der Waals surface area contributed by atoms with Crippen molar-refractivity contribution >= 4 is 35.6 Å². The van der Waals surface area contributed by atoms with E-state index in [-0.39, 0.29) is 24.2 Å². The smallest absolute Gasteiger partial charge is 0.326 e. The normalized spacial score (nSPS) is 15.8. The zero-order valence-electron chi connectivity index (χ0n) is 21.5. The third kappa shape index (κ3) is 11.8. The van der Waals surface area contributed by atoms with E-state index in [1.807, 2.05) is 6.92 Å². The van der Waals surface area contributed by atoms with E-state index in [9.17, 15) is 29.1 Å². The Labute approximate surface area is 211 Å². The van der Waals surface area contributed by atoms with Gasteiger partial charge in [-0.25, -0.2) is 4.79 Å². The topological polar surface area (TPSA) is 258 Å². The van der Waals surface area contributed by atoms with Crippen LogP contribution in [0.25, 0.3) is 0 Å². The van der Waals surface area contributed by atoms with Crippen LogP contribution in [0.5, 0.6) is 0 Å². The standard InChI is InChI=1S/C22H42N8O6/c1-5-11(3)16(19(33)28-14(21(35)36)10-15(24)31)30-20(34)17(12(4)6-2)29-18(32)13(23)8-7-9-27-22(25)26/h11-14,16-17H,5-10,23H2,1-4H3,(H2,24,31)(H,28,33)(H,29,32)(H,30,34)(H,35,36)(H4,25,26,27). The summed E-state index contributed by atoms with van der Waals surface area (Å²) in [5.41, 5.74) is 21.6. The zero-order valence-corrected chi connectivity index (χ0v) is 21.5. The predicted octanol–water partition coefficient (Wildman–Crippen LogP) is -2.13. The second-order valence-corrected chi connectivity index (χ2v) is 8.87. The maximum Gasteiger partial charge on any atom is 0.326 e. The summed E-state index contributed by atoms with van der Waals surface area (Å²) in [5, 5.41) is 16.8. The number of hydrogen-bond donors (Lipinski definition) is 8. The van der Waals surface area contributed by atoms with Gasteiger partial charge in [-0.1, -0.05) is 40.5 Å². The molecule has 0 aromatic carbocycles. The third-order valence-electron chi connectivity index (χ3n) is 5.91. The highest BCUT2D eigenvalue weighted by molar-refractivity contribution is 5.95. The Morgan fingerprint density at radius 3 is 1.72 bits per heavy atom. The fourth-order valence-corrected chi connectivity index (χ4v) is 3.22. The summed E-state index contributed by atoms with van der Waals surface area (Å²) in [5.74, 6) is -5.03. The number of carboxylic acids is 1. The second kappa shape index (κ2) is 16.3. The average Bonchev–Trinajstić information content (AvgIpc) is 2.80. The molecule has 0 saturated heterocycles. The number of amides is 4. The molecule has 14 heteroatoms. The van der Waals surface area contributed by atoms with Gasteiger partial charge in [0.25, 0.3) is 0 Å². The van der Waals surface area contributed by atoms with Crippen molar-refractivity contribution in [2.24, 2.45) is 39.8 Å². The van der Waals surface area contributed by atoms with E-state index in [4.69, 9.17) is 22.9 Å². The molecule has 6 atom stereocenters. The molecule has 0 radical (unpaired) electrons. The number of aliphatic imine (C=N–C) groups is 1. The fraction of sp³-hybridized carbons (Fsp3) is 0.727. The first-order valence-electron chi connectivity index (χ1n) is 12.0. The van der Waals surface area contributed by atoms with E-state index < -0.39 is 60.2 Å². The summed E-state index contributed by atoms with van der Waals surface area (Å²) in [6.45, 7) is 7.41. The minimum Gasteiger partial charge on any atom is -0.480 e. The van der Waals surface area contributed by atoms with Crippen molar-refractivity contribution in [2.45, 2.75) is 84.0 Å². The zero-order chi connectivity index (χ0) is 28.0. The van der Waals surface area contributed by atoms with E-state index in [2.05, 4.69) is 20.9 Å². The second-order valence-electron chi connectivity index (χ2n) is 8.87. The summed E-state index contributed by atoms with van der Waals surface area (Å²) in [6.07, 6.45) is 1.16. The van der Waals surface area contributed by atoms with Crippen molar-refractivity contribution in [3.63, 3.8) is 0 Å². The van der Waals surface area contributed by atoms with Gasteiger partial charge in [0.05, 0.1) is 12.5 Å². The number of nitrogens with zero attached hydrogens (tertiary/aromatic N) is 1. The monoisotopic (exact) mass is 514 g/mol. The molecule has 0 aliphatic heterocycles. The van der Waals surface area contributed by atoms with Crippen LogP contribution in [-0.4, -0.2) is 71.4 Å². The summed E-state index contributed by atoms with van der Waals surface area (Å²) in [4.78, 5) is 65.1. The Kier molecular flexibility index (Phi) is 14.7. The lowest BCUT2D eigenvalue weighted by Crippen LogP contribution is -2.60. The van der Waals surface area contributed by atoms with Gasteiger partial charge in [0.2, 0.25) is 23.6 Å². The lowest BCUT2D eigenvalue weighted by atomic mass is 9.94. The summed E-state index contributed by atoms with van der Waals surface area (Å²) >= 11 is 0. The molecule has 0 aromatic rings. The van der Waals surface area contributed by atoms with Crippen LogP contribution in [0.1, 0.15) is 59.8 Å². The van der Waals surface area contributed by atoms with Gasteiger partial charge in [0.15, 0.2) is 5.96 Å². The molecule has 14 nitrogen and oxygen atoms in total. The summed E-state index contributed by atoms with van der Waals surface area (Å²) < 4.78 is 0. The van der Waals surface area contributed by atoms with Gasteiger partial charge in [-0.15, -0.1) is 0 Å². The summed E-state index contributed by atoms with van der Waals surface area (Å²) in [7, 11) is 0. The van der Waals surface area contributed by atoms with Crippen LogP contribution in [-0.2, 0) is 24.0 Å². The number of carbonyl (C=O) groups is 5. The van der Waals surface area contributed by atoms with Crippen molar-refractivity contribution in [3.05, 3.63) is 0 Å². The molecule has 6 unspecified atom stereocenters. The highest BCUT2D eigenvalue weighted by Gasteiger charge is 2.34. The lowest BCUT2D eigenvalue weighted by Gasteiger charge is -2.30. The number of nitrogens with one attached hydrogen (secondary N) is 3. The number of carbonyl (C=O) groups excluding carboxylic acids is 4. The predicted molar refractivity (Wildman–Crippen MR) is 134 cm³/mol. The molecular weight excluding hydrogens is 472 g/mol. The van der Waals surface area contributed by atoms with Crippen molar-refractivity contribution in [1.82, 2.24) is 16.0 Å². The Hall–Kier alpha value is -3.42.